The minimum Gasteiger partial charge on any atom is -0.365 e. The molecule has 2 rings (SSSR count). The van der Waals surface area contributed by atoms with Crippen LogP contribution < -0.4 is 5.32 Å². The summed E-state index contributed by atoms with van der Waals surface area (Å²) >= 11 is 5.68. The van der Waals surface area contributed by atoms with Gasteiger partial charge in [0.05, 0.1) is 5.02 Å². The maximum absolute atomic E-state index is 13.6. The summed E-state index contributed by atoms with van der Waals surface area (Å²) in [7, 11) is 0. The van der Waals surface area contributed by atoms with Gasteiger partial charge in [0.15, 0.2) is 11.6 Å². The van der Waals surface area contributed by atoms with E-state index >= 15 is 0 Å². The topological polar surface area (TPSA) is 24.9 Å². The van der Waals surface area contributed by atoms with Gasteiger partial charge < -0.3 is 5.32 Å². The number of aromatic nitrogens is 1. The Labute approximate surface area is 107 Å². The molecule has 1 saturated carbocycles. The zero-order valence-corrected chi connectivity index (χ0v) is 11.0. The largest absolute Gasteiger partial charge is 0.365 e. The molecule has 0 saturated heterocycles. The number of rotatable bonds is 2. The molecule has 1 aliphatic carbocycles. The van der Waals surface area contributed by atoms with E-state index in [1.165, 1.54) is 18.7 Å². The highest BCUT2D eigenvalue weighted by atomic mass is 35.5. The minimum atomic E-state index is -0.372. The summed E-state index contributed by atoms with van der Waals surface area (Å²) in [5.41, 5.74) is 0. The highest BCUT2D eigenvalue weighted by molar-refractivity contribution is 6.30. The van der Waals surface area contributed by atoms with Crippen molar-refractivity contribution in [2.24, 2.45) is 11.8 Å². The number of anilines is 1. The molecule has 0 radical (unpaired) electrons. The van der Waals surface area contributed by atoms with Crippen LogP contribution in [0.1, 0.15) is 33.1 Å². The zero-order valence-electron chi connectivity index (χ0n) is 10.2. The van der Waals surface area contributed by atoms with Gasteiger partial charge in [0.1, 0.15) is 0 Å². The van der Waals surface area contributed by atoms with Crippen molar-refractivity contribution in [2.75, 3.05) is 5.32 Å². The molecule has 0 aliphatic heterocycles. The Morgan fingerprint density at radius 3 is 2.53 bits per heavy atom. The quantitative estimate of drug-likeness (QED) is 0.861. The number of nitrogens with zero attached hydrogens (tertiary/aromatic N) is 1. The highest BCUT2D eigenvalue weighted by Gasteiger charge is 2.24. The molecule has 2 nitrogen and oxygen atoms in total. The summed E-state index contributed by atoms with van der Waals surface area (Å²) in [6, 6.07) is 1.61. The summed E-state index contributed by atoms with van der Waals surface area (Å²) in [6.45, 7) is 4.49. The average molecular weight is 257 g/mol. The molecule has 1 heterocycles. The summed E-state index contributed by atoms with van der Waals surface area (Å²) in [5, 5.41) is 3.52. The van der Waals surface area contributed by atoms with Gasteiger partial charge in [-0.2, -0.15) is 0 Å². The lowest BCUT2D eigenvalue weighted by Crippen LogP contribution is -2.30. The van der Waals surface area contributed by atoms with Crippen molar-refractivity contribution < 1.29 is 4.39 Å². The predicted octanol–water partition coefficient (Wildman–Crippen LogP) is 4.11. The van der Waals surface area contributed by atoms with Crippen LogP contribution in [0.25, 0.3) is 0 Å². The van der Waals surface area contributed by atoms with E-state index in [1.54, 1.807) is 0 Å². The van der Waals surface area contributed by atoms with Crippen LogP contribution in [0.4, 0.5) is 10.2 Å². The maximum atomic E-state index is 13.6. The third kappa shape index (κ3) is 3.32. The molecule has 1 aromatic heterocycles. The third-order valence-electron chi connectivity index (χ3n) is 3.33. The van der Waals surface area contributed by atoms with Gasteiger partial charge in [0.25, 0.3) is 0 Å². The molecule has 0 bridgehead atoms. The van der Waals surface area contributed by atoms with Crippen LogP contribution >= 0.6 is 11.6 Å². The minimum absolute atomic E-state index is 0.317. The van der Waals surface area contributed by atoms with E-state index in [0.717, 1.165) is 12.8 Å². The van der Waals surface area contributed by atoms with Crippen LogP contribution in [0, 0.1) is 17.7 Å². The fourth-order valence-corrected chi connectivity index (χ4v) is 2.92. The molecule has 1 aromatic rings. The van der Waals surface area contributed by atoms with Crippen LogP contribution in [0.5, 0.6) is 0 Å². The molecule has 2 atom stereocenters. The fourth-order valence-electron chi connectivity index (χ4n) is 2.78. The zero-order chi connectivity index (χ0) is 12.4. The van der Waals surface area contributed by atoms with Crippen LogP contribution in [0.2, 0.25) is 5.02 Å². The number of hydrogen-bond acceptors (Lipinski definition) is 2. The fraction of sp³-hybridized carbons (Fsp3) is 0.615. The third-order valence-corrected chi connectivity index (χ3v) is 3.53. The van der Waals surface area contributed by atoms with Gasteiger partial charge in [0.2, 0.25) is 0 Å². The molecule has 94 valence electrons. The van der Waals surface area contributed by atoms with Gasteiger partial charge in [-0.15, -0.1) is 0 Å². The molecule has 1 N–H and O–H groups in total. The lowest BCUT2D eigenvalue weighted by Gasteiger charge is -2.32. The lowest BCUT2D eigenvalue weighted by atomic mass is 9.80. The smallest absolute Gasteiger partial charge is 0.166 e. The van der Waals surface area contributed by atoms with Crippen molar-refractivity contribution in [2.45, 2.75) is 39.2 Å². The number of nitrogens with one attached hydrogen (secondary N) is 1. The van der Waals surface area contributed by atoms with Crippen molar-refractivity contribution in [3.63, 3.8) is 0 Å². The second kappa shape index (κ2) is 5.21. The second-order valence-corrected chi connectivity index (χ2v) is 5.68. The molecule has 2 unspecified atom stereocenters. The van der Waals surface area contributed by atoms with E-state index in [9.17, 15) is 4.39 Å². The molecule has 1 aliphatic rings. The second-order valence-electron chi connectivity index (χ2n) is 5.24. The van der Waals surface area contributed by atoms with E-state index in [-0.39, 0.29) is 5.82 Å². The Morgan fingerprint density at radius 2 is 1.94 bits per heavy atom. The van der Waals surface area contributed by atoms with Gasteiger partial charge in [0, 0.05) is 12.2 Å². The van der Waals surface area contributed by atoms with Crippen LogP contribution in [0.15, 0.2) is 12.3 Å². The van der Waals surface area contributed by atoms with Crippen molar-refractivity contribution in [1.82, 2.24) is 4.98 Å². The Morgan fingerprint density at radius 1 is 1.29 bits per heavy atom. The summed E-state index contributed by atoms with van der Waals surface area (Å²) in [5.74, 6) is 1.32. The standard InChI is InChI=1S/C13H18ClFN2/c1-8-3-9(2)5-11(4-8)17-13-12(15)6-10(14)7-16-13/h6-9,11H,3-5H2,1-2H3,(H,16,17). The van der Waals surface area contributed by atoms with E-state index in [0.29, 0.717) is 28.7 Å². The molecule has 0 spiro atoms. The normalized spacial score (nSPS) is 29.1. The van der Waals surface area contributed by atoms with Gasteiger partial charge in [-0.05, 0) is 37.2 Å². The molecule has 1 fully saturated rings. The van der Waals surface area contributed by atoms with E-state index in [1.807, 2.05) is 0 Å². The average Bonchev–Trinajstić information content (AvgIpc) is 2.21. The first-order valence-corrected chi connectivity index (χ1v) is 6.50. The number of pyridine rings is 1. The van der Waals surface area contributed by atoms with Gasteiger partial charge in [-0.25, -0.2) is 9.37 Å². The highest BCUT2D eigenvalue weighted by Crippen LogP contribution is 2.30. The first-order chi connectivity index (χ1) is 8.04. The SMILES string of the molecule is CC1CC(C)CC(Nc2ncc(Cl)cc2F)C1. The Hall–Kier alpha value is -0.830. The molecule has 17 heavy (non-hydrogen) atoms. The predicted molar refractivity (Wildman–Crippen MR) is 68.8 cm³/mol. The van der Waals surface area contributed by atoms with Crippen LogP contribution in [-0.4, -0.2) is 11.0 Å². The van der Waals surface area contributed by atoms with Crippen molar-refractivity contribution in [3.05, 3.63) is 23.1 Å². The number of hydrogen-bond donors (Lipinski definition) is 1. The van der Waals surface area contributed by atoms with Crippen molar-refractivity contribution >= 4 is 17.4 Å². The van der Waals surface area contributed by atoms with E-state index in [2.05, 4.69) is 24.1 Å². The molecular weight excluding hydrogens is 239 g/mol. The Bertz CT molecular complexity index is 387. The van der Waals surface area contributed by atoms with Crippen molar-refractivity contribution in [1.29, 1.82) is 0 Å². The monoisotopic (exact) mass is 256 g/mol. The Kier molecular flexibility index (Phi) is 3.87. The lowest BCUT2D eigenvalue weighted by molar-refractivity contribution is 0.280. The molecular formula is C13H18ClFN2. The van der Waals surface area contributed by atoms with E-state index < -0.39 is 0 Å². The van der Waals surface area contributed by atoms with Crippen LogP contribution in [0.3, 0.4) is 0 Å². The summed E-state index contributed by atoms with van der Waals surface area (Å²) in [6.07, 6.45) is 4.89. The summed E-state index contributed by atoms with van der Waals surface area (Å²) < 4.78 is 13.6. The van der Waals surface area contributed by atoms with Crippen molar-refractivity contribution in [3.8, 4) is 0 Å². The number of halogens is 2. The first kappa shape index (κ1) is 12.6. The van der Waals surface area contributed by atoms with Gasteiger partial charge >= 0.3 is 0 Å². The van der Waals surface area contributed by atoms with Gasteiger partial charge in [-0.3, -0.25) is 0 Å². The first-order valence-electron chi connectivity index (χ1n) is 6.12. The molecule has 4 heteroatoms. The summed E-state index contributed by atoms with van der Waals surface area (Å²) in [4.78, 5) is 4.00. The molecule has 0 amide bonds. The van der Waals surface area contributed by atoms with Crippen LogP contribution in [-0.2, 0) is 0 Å². The Balaban J connectivity index is 2.04. The van der Waals surface area contributed by atoms with Gasteiger partial charge in [-0.1, -0.05) is 25.4 Å². The maximum Gasteiger partial charge on any atom is 0.166 e. The van der Waals surface area contributed by atoms with E-state index in [4.69, 9.17) is 11.6 Å². The molecule has 0 aromatic carbocycles.